The molecular weight excluding hydrogens is 212 g/mol. The van der Waals surface area contributed by atoms with Crippen LogP contribution >= 0.6 is 11.6 Å². The van der Waals surface area contributed by atoms with Crippen LogP contribution < -0.4 is 4.74 Å². The maximum absolute atomic E-state index is 5.92. The normalized spacial score (nSPS) is 10.3. The van der Waals surface area contributed by atoms with E-state index < -0.39 is 0 Å². The molecule has 0 saturated carbocycles. The van der Waals surface area contributed by atoms with Crippen molar-refractivity contribution in [1.29, 1.82) is 0 Å². The smallest absolute Gasteiger partial charge is 0.122 e. The van der Waals surface area contributed by atoms with Gasteiger partial charge in [0.2, 0.25) is 0 Å². The van der Waals surface area contributed by atoms with E-state index in [0.29, 0.717) is 6.61 Å². The summed E-state index contributed by atoms with van der Waals surface area (Å²) in [5, 5.41) is 0.740. The highest BCUT2D eigenvalue weighted by molar-refractivity contribution is 6.30. The highest BCUT2D eigenvalue weighted by Gasteiger charge is 2.03. The molecule has 0 spiro atoms. The van der Waals surface area contributed by atoms with Crippen molar-refractivity contribution in [2.75, 3.05) is 20.3 Å². The zero-order valence-corrected chi connectivity index (χ0v) is 9.72. The highest BCUT2D eigenvalue weighted by Crippen LogP contribution is 2.23. The van der Waals surface area contributed by atoms with Crippen LogP contribution in [-0.4, -0.2) is 20.3 Å². The second-order valence-corrected chi connectivity index (χ2v) is 3.61. The molecule has 1 aromatic rings. The topological polar surface area (TPSA) is 18.5 Å². The average molecular weight is 228 g/mol. The summed E-state index contributed by atoms with van der Waals surface area (Å²) in [4.78, 5) is 0. The van der Waals surface area contributed by atoms with Gasteiger partial charge < -0.3 is 9.47 Å². The lowest BCUT2D eigenvalue weighted by Gasteiger charge is -2.08. The van der Waals surface area contributed by atoms with E-state index in [1.165, 1.54) is 0 Å². The Bertz CT molecular complexity index is 300. The Kier molecular flexibility index (Phi) is 5.51. The third kappa shape index (κ3) is 4.10. The lowest BCUT2D eigenvalue weighted by Crippen LogP contribution is -1.98. The molecule has 0 aliphatic carbocycles. The van der Waals surface area contributed by atoms with Crippen LogP contribution in [0.3, 0.4) is 0 Å². The van der Waals surface area contributed by atoms with Crippen molar-refractivity contribution in [2.24, 2.45) is 0 Å². The first-order chi connectivity index (χ1) is 7.27. The molecule has 83 valence electrons. The molecule has 0 aliphatic rings. The molecule has 0 aromatic heterocycles. The number of aryl methyl sites for hydroxylation is 1. The van der Waals surface area contributed by atoms with Gasteiger partial charge in [0.15, 0.2) is 0 Å². The first-order valence-electron chi connectivity index (χ1n) is 4.97. The van der Waals surface area contributed by atoms with Crippen LogP contribution in [-0.2, 0) is 11.2 Å². The second kappa shape index (κ2) is 6.70. The van der Waals surface area contributed by atoms with Crippen LogP contribution in [0.4, 0.5) is 0 Å². The van der Waals surface area contributed by atoms with Gasteiger partial charge in [0.05, 0.1) is 7.11 Å². The van der Waals surface area contributed by atoms with Gasteiger partial charge in [-0.1, -0.05) is 11.6 Å². The fourth-order valence-corrected chi connectivity index (χ4v) is 1.60. The van der Waals surface area contributed by atoms with E-state index in [1.54, 1.807) is 7.11 Å². The van der Waals surface area contributed by atoms with Crippen molar-refractivity contribution in [3.05, 3.63) is 35.7 Å². The van der Waals surface area contributed by atoms with E-state index in [1.807, 2.05) is 18.2 Å². The molecule has 1 aromatic carbocycles. The summed E-state index contributed by atoms with van der Waals surface area (Å²) in [6.45, 7) is 4.85. The number of benzene rings is 1. The number of hydrogen-bond donors (Lipinski definition) is 0. The Balaban J connectivity index is 2.54. The quantitative estimate of drug-likeness (QED) is 0.696. The number of methoxy groups -OCH3 is 1. The van der Waals surface area contributed by atoms with Crippen LogP contribution in [0.2, 0.25) is 5.02 Å². The van der Waals surface area contributed by atoms with Gasteiger partial charge in [0, 0.05) is 18.2 Å². The second-order valence-electron chi connectivity index (χ2n) is 3.17. The first-order valence-corrected chi connectivity index (χ1v) is 5.35. The van der Waals surface area contributed by atoms with Gasteiger partial charge in [-0.25, -0.2) is 0 Å². The van der Waals surface area contributed by atoms with Crippen molar-refractivity contribution in [3.8, 4) is 5.75 Å². The molecular formula is C12H16ClO2. The molecule has 1 radical (unpaired) electrons. The van der Waals surface area contributed by atoms with Crippen molar-refractivity contribution < 1.29 is 9.47 Å². The molecule has 0 fully saturated rings. The standard InChI is InChI=1S/C12H16ClO2/c1-3-15-8-4-5-10-9-11(13)6-7-12(10)14-2/h6-7,9H,1,3-5,8H2,2H3. The average Bonchev–Trinajstić information content (AvgIpc) is 2.25. The van der Waals surface area contributed by atoms with Gasteiger partial charge in [-0.15, -0.1) is 0 Å². The molecule has 0 unspecified atom stereocenters. The van der Waals surface area contributed by atoms with E-state index in [9.17, 15) is 0 Å². The van der Waals surface area contributed by atoms with E-state index >= 15 is 0 Å². The third-order valence-corrected chi connectivity index (χ3v) is 2.36. The minimum absolute atomic E-state index is 0.521. The lowest BCUT2D eigenvalue weighted by molar-refractivity contribution is 0.158. The maximum atomic E-state index is 5.92. The molecule has 0 bridgehead atoms. The summed E-state index contributed by atoms with van der Waals surface area (Å²) in [5.74, 6) is 0.883. The van der Waals surface area contributed by atoms with Gasteiger partial charge in [0.25, 0.3) is 0 Å². The first kappa shape index (κ1) is 12.3. The third-order valence-electron chi connectivity index (χ3n) is 2.12. The zero-order chi connectivity index (χ0) is 11.1. The number of ether oxygens (including phenoxy) is 2. The van der Waals surface area contributed by atoms with Gasteiger partial charge in [-0.3, -0.25) is 0 Å². The van der Waals surface area contributed by atoms with Crippen LogP contribution in [0.5, 0.6) is 5.75 Å². The molecule has 0 saturated heterocycles. The maximum Gasteiger partial charge on any atom is 0.122 e. The lowest BCUT2D eigenvalue weighted by atomic mass is 10.1. The van der Waals surface area contributed by atoms with Gasteiger partial charge >= 0.3 is 0 Å². The minimum Gasteiger partial charge on any atom is -0.496 e. The summed E-state index contributed by atoms with van der Waals surface area (Å²) >= 11 is 5.92. The molecule has 0 atom stereocenters. The summed E-state index contributed by atoms with van der Waals surface area (Å²) < 4.78 is 10.4. The SMILES string of the molecule is [CH2]COCCCc1cc(Cl)ccc1OC. The van der Waals surface area contributed by atoms with Crippen molar-refractivity contribution in [3.63, 3.8) is 0 Å². The molecule has 1 rings (SSSR count). The fourth-order valence-electron chi connectivity index (χ4n) is 1.41. The van der Waals surface area contributed by atoms with E-state index in [-0.39, 0.29) is 0 Å². The monoisotopic (exact) mass is 227 g/mol. The largest absolute Gasteiger partial charge is 0.496 e. The molecule has 0 N–H and O–H groups in total. The number of rotatable bonds is 6. The van der Waals surface area contributed by atoms with E-state index in [0.717, 1.165) is 35.8 Å². The van der Waals surface area contributed by atoms with Crippen LogP contribution in [0.25, 0.3) is 0 Å². The van der Waals surface area contributed by atoms with Crippen LogP contribution in [0, 0.1) is 6.92 Å². The summed E-state index contributed by atoms with van der Waals surface area (Å²) in [7, 11) is 1.67. The highest BCUT2D eigenvalue weighted by atomic mass is 35.5. The van der Waals surface area contributed by atoms with Gasteiger partial charge in [-0.2, -0.15) is 0 Å². The number of halogens is 1. The van der Waals surface area contributed by atoms with E-state index in [2.05, 4.69) is 6.92 Å². The van der Waals surface area contributed by atoms with E-state index in [4.69, 9.17) is 21.1 Å². The Morgan fingerprint density at radius 2 is 2.20 bits per heavy atom. The van der Waals surface area contributed by atoms with Crippen molar-refractivity contribution >= 4 is 11.6 Å². The summed E-state index contributed by atoms with van der Waals surface area (Å²) in [5.41, 5.74) is 1.12. The van der Waals surface area contributed by atoms with Crippen LogP contribution in [0.15, 0.2) is 18.2 Å². The Morgan fingerprint density at radius 1 is 1.40 bits per heavy atom. The molecule has 0 heterocycles. The fraction of sp³-hybridized carbons (Fsp3) is 0.417. The zero-order valence-electron chi connectivity index (χ0n) is 8.96. The van der Waals surface area contributed by atoms with Crippen molar-refractivity contribution in [2.45, 2.75) is 12.8 Å². The Morgan fingerprint density at radius 3 is 2.87 bits per heavy atom. The molecule has 0 amide bonds. The molecule has 3 heteroatoms. The van der Waals surface area contributed by atoms with Crippen molar-refractivity contribution in [1.82, 2.24) is 0 Å². The predicted molar refractivity (Wildman–Crippen MR) is 62.5 cm³/mol. The minimum atomic E-state index is 0.521. The molecule has 0 aliphatic heterocycles. The Hall–Kier alpha value is -0.730. The number of hydrogen-bond acceptors (Lipinski definition) is 2. The Labute approximate surface area is 96.2 Å². The molecule has 2 nitrogen and oxygen atoms in total. The van der Waals surface area contributed by atoms with Crippen LogP contribution in [0.1, 0.15) is 12.0 Å². The van der Waals surface area contributed by atoms with Gasteiger partial charge in [-0.05, 0) is 43.5 Å². The summed E-state index contributed by atoms with van der Waals surface area (Å²) in [6.07, 6.45) is 1.86. The molecule has 15 heavy (non-hydrogen) atoms. The summed E-state index contributed by atoms with van der Waals surface area (Å²) in [6, 6.07) is 5.65. The predicted octanol–water partition coefficient (Wildman–Crippen LogP) is 3.13. The van der Waals surface area contributed by atoms with Gasteiger partial charge in [0.1, 0.15) is 5.75 Å².